The third kappa shape index (κ3) is 3.80. The molecular weight excluding hydrogens is 342 g/mol. The normalized spacial score (nSPS) is 17.2. The van der Waals surface area contributed by atoms with Gasteiger partial charge >= 0.3 is 0 Å². The molecule has 3 rings (SSSR count). The maximum Gasteiger partial charge on any atom is 0.243 e. The zero-order valence-electron chi connectivity index (χ0n) is 13.7. The lowest BCUT2D eigenvalue weighted by molar-refractivity contribution is 0.289. The van der Waals surface area contributed by atoms with Gasteiger partial charge in [0.15, 0.2) is 0 Å². The Bertz CT molecular complexity index is 776. The Labute approximate surface area is 147 Å². The van der Waals surface area contributed by atoms with Gasteiger partial charge in [-0.3, -0.25) is 0 Å². The van der Waals surface area contributed by atoms with E-state index in [1.807, 2.05) is 0 Å². The number of nitrogen functional groups attached to an aromatic ring is 1. The predicted octanol–water partition coefficient (Wildman–Crippen LogP) is 2.58. The number of nitrogens with two attached hydrogens (primary N) is 1. The van der Waals surface area contributed by atoms with Gasteiger partial charge in [0.25, 0.3) is 0 Å². The topological polar surface area (TPSA) is 75.4 Å². The highest BCUT2D eigenvalue weighted by molar-refractivity contribution is 7.89. The number of nitrogens with zero attached hydrogens (tertiary/aromatic N) is 1. The molecule has 0 bridgehead atoms. The molecule has 0 saturated carbocycles. The Morgan fingerprint density at radius 2 is 1.88 bits per heavy atom. The van der Waals surface area contributed by atoms with Crippen LogP contribution >= 0.6 is 11.3 Å². The Kier molecular flexibility index (Phi) is 5.24. The summed E-state index contributed by atoms with van der Waals surface area (Å²) >= 11 is 1.76. The van der Waals surface area contributed by atoms with E-state index in [-0.39, 0.29) is 0 Å². The van der Waals surface area contributed by atoms with Crippen LogP contribution in [0.4, 0.5) is 5.69 Å². The van der Waals surface area contributed by atoms with Crippen LogP contribution in [0.3, 0.4) is 0 Å². The van der Waals surface area contributed by atoms with Crippen LogP contribution in [0, 0.1) is 6.92 Å². The Morgan fingerprint density at radius 1 is 1.21 bits per heavy atom. The third-order valence-electron chi connectivity index (χ3n) is 4.49. The maximum atomic E-state index is 12.7. The molecule has 0 amide bonds. The fourth-order valence-electron chi connectivity index (χ4n) is 2.91. The highest BCUT2D eigenvalue weighted by Crippen LogP contribution is 2.22. The second-order valence-corrected chi connectivity index (χ2v) is 9.09. The fraction of sp³-hybridized carbons (Fsp3) is 0.412. The van der Waals surface area contributed by atoms with Gasteiger partial charge in [-0.2, -0.15) is 4.31 Å². The first-order valence-corrected chi connectivity index (χ1v) is 10.4. The molecule has 0 radical (unpaired) electrons. The first kappa shape index (κ1) is 17.4. The number of piperidine rings is 1. The highest BCUT2D eigenvalue weighted by atomic mass is 32.2. The molecule has 1 aromatic heterocycles. The van der Waals surface area contributed by atoms with E-state index in [0.29, 0.717) is 29.7 Å². The Hall–Kier alpha value is -1.41. The van der Waals surface area contributed by atoms with Crippen molar-refractivity contribution < 1.29 is 8.42 Å². The molecule has 1 fully saturated rings. The quantitative estimate of drug-likeness (QED) is 0.799. The van der Waals surface area contributed by atoms with Crippen molar-refractivity contribution in [3.05, 3.63) is 46.2 Å². The van der Waals surface area contributed by atoms with Gasteiger partial charge in [-0.05, 0) is 61.0 Å². The summed E-state index contributed by atoms with van der Waals surface area (Å²) in [5.74, 6) is 0. The highest BCUT2D eigenvalue weighted by Gasteiger charge is 2.29. The van der Waals surface area contributed by atoms with E-state index in [1.54, 1.807) is 39.9 Å². The molecule has 0 spiro atoms. The predicted molar refractivity (Wildman–Crippen MR) is 98.5 cm³/mol. The summed E-state index contributed by atoms with van der Waals surface area (Å²) < 4.78 is 26.9. The number of benzene rings is 1. The lowest BCUT2D eigenvalue weighted by Crippen LogP contribution is -2.44. The molecule has 24 heavy (non-hydrogen) atoms. The molecule has 0 aliphatic carbocycles. The van der Waals surface area contributed by atoms with Gasteiger partial charge in [0.1, 0.15) is 0 Å². The molecule has 5 nitrogen and oxygen atoms in total. The minimum Gasteiger partial charge on any atom is -0.399 e. The number of thiophene rings is 1. The number of aryl methyl sites for hydroxylation is 1. The van der Waals surface area contributed by atoms with Crippen molar-refractivity contribution in [2.24, 2.45) is 0 Å². The number of anilines is 1. The molecule has 1 aliphatic heterocycles. The van der Waals surface area contributed by atoms with Crippen LogP contribution in [0.2, 0.25) is 0 Å². The van der Waals surface area contributed by atoms with E-state index >= 15 is 0 Å². The average Bonchev–Trinajstić information content (AvgIpc) is 2.99. The van der Waals surface area contributed by atoms with Crippen molar-refractivity contribution in [2.75, 3.05) is 18.8 Å². The average molecular weight is 366 g/mol. The van der Waals surface area contributed by atoms with Crippen molar-refractivity contribution >= 4 is 27.0 Å². The van der Waals surface area contributed by atoms with Crippen molar-refractivity contribution in [2.45, 2.75) is 37.2 Å². The molecule has 3 N–H and O–H groups in total. The first-order valence-electron chi connectivity index (χ1n) is 8.09. The molecule has 1 aromatic carbocycles. The number of sulfonamides is 1. The molecule has 1 aliphatic rings. The fourth-order valence-corrected chi connectivity index (χ4v) is 5.24. The van der Waals surface area contributed by atoms with Gasteiger partial charge in [0, 0.05) is 36.2 Å². The van der Waals surface area contributed by atoms with E-state index in [4.69, 9.17) is 5.73 Å². The summed E-state index contributed by atoms with van der Waals surface area (Å²) in [4.78, 5) is 1.67. The number of nitrogens with one attached hydrogen (secondary N) is 1. The van der Waals surface area contributed by atoms with Gasteiger partial charge in [-0.15, -0.1) is 11.3 Å². The van der Waals surface area contributed by atoms with Crippen molar-refractivity contribution in [3.63, 3.8) is 0 Å². The smallest absolute Gasteiger partial charge is 0.243 e. The van der Waals surface area contributed by atoms with Gasteiger partial charge in [-0.25, -0.2) is 8.42 Å². The second-order valence-electron chi connectivity index (χ2n) is 6.16. The molecule has 0 unspecified atom stereocenters. The third-order valence-corrected chi connectivity index (χ3v) is 7.43. The number of hydrogen-bond donors (Lipinski definition) is 2. The van der Waals surface area contributed by atoms with Crippen molar-refractivity contribution in [1.82, 2.24) is 9.62 Å². The molecule has 2 heterocycles. The van der Waals surface area contributed by atoms with E-state index in [9.17, 15) is 8.42 Å². The van der Waals surface area contributed by atoms with E-state index in [0.717, 1.165) is 19.4 Å². The zero-order chi connectivity index (χ0) is 17.2. The molecule has 0 atom stereocenters. The standard InChI is InChI=1S/C17H23N3O2S2/c1-13-8-11-23-17(13)12-19-15-6-9-20(10-7-15)24(21,22)16-4-2-14(18)3-5-16/h2-5,8,11,15,19H,6-7,9-10,12,18H2,1H3. The zero-order valence-corrected chi connectivity index (χ0v) is 15.4. The van der Waals surface area contributed by atoms with Crippen LogP contribution < -0.4 is 11.1 Å². The van der Waals surface area contributed by atoms with E-state index in [1.165, 1.54) is 10.4 Å². The SMILES string of the molecule is Cc1ccsc1CNC1CCN(S(=O)(=O)c2ccc(N)cc2)CC1. The summed E-state index contributed by atoms with van der Waals surface area (Å²) in [5.41, 5.74) is 7.52. The summed E-state index contributed by atoms with van der Waals surface area (Å²) in [7, 11) is -3.42. The first-order chi connectivity index (χ1) is 11.5. The van der Waals surface area contributed by atoms with E-state index in [2.05, 4.69) is 23.7 Å². The van der Waals surface area contributed by atoms with Gasteiger partial charge in [0.05, 0.1) is 4.90 Å². The van der Waals surface area contributed by atoms with Crippen LogP contribution in [-0.2, 0) is 16.6 Å². The molecule has 130 valence electrons. The lowest BCUT2D eigenvalue weighted by atomic mass is 10.1. The summed E-state index contributed by atoms with van der Waals surface area (Å²) in [5, 5.41) is 5.66. The van der Waals surface area contributed by atoms with Crippen molar-refractivity contribution in [1.29, 1.82) is 0 Å². The minimum absolute atomic E-state index is 0.317. The lowest BCUT2D eigenvalue weighted by Gasteiger charge is -2.31. The van der Waals surface area contributed by atoms with E-state index < -0.39 is 10.0 Å². The Morgan fingerprint density at radius 3 is 2.46 bits per heavy atom. The summed E-state index contributed by atoms with van der Waals surface area (Å²) in [6.45, 7) is 4.08. The van der Waals surface area contributed by atoms with Gasteiger partial charge in [0.2, 0.25) is 10.0 Å². The van der Waals surface area contributed by atoms with Crippen LogP contribution in [0.15, 0.2) is 40.6 Å². The van der Waals surface area contributed by atoms with Crippen LogP contribution in [0.25, 0.3) is 0 Å². The summed E-state index contributed by atoms with van der Waals surface area (Å²) in [6, 6.07) is 8.91. The largest absolute Gasteiger partial charge is 0.399 e. The maximum absolute atomic E-state index is 12.7. The number of rotatable bonds is 5. The monoisotopic (exact) mass is 365 g/mol. The van der Waals surface area contributed by atoms with Crippen molar-refractivity contribution in [3.8, 4) is 0 Å². The van der Waals surface area contributed by atoms with Gasteiger partial charge < -0.3 is 11.1 Å². The van der Waals surface area contributed by atoms with Crippen LogP contribution in [0.1, 0.15) is 23.3 Å². The molecule has 2 aromatic rings. The molecule has 7 heteroatoms. The molecular formula is C17H23N3O2S2. The van der Waals surface area contributed by atoms with Crippen LogP contribution in [0.5, 0.6) is 0 Å². The van der Waals surface area contributed by atoms with Crippen LogP contribution in [-0.4, -0.2) is 31.9 Å². The second kappa shape index (κ2) is 7.23. The summed E-state index contributed by atoms with van der Waals surface area (Å²) in [6.07, 6.45) is 1.66. The number of hydrogen-bond acceptors (Lipinski definition) is 5. The van der Waals surface area contributed by atoms with Gasteiger partial charge in [-0.1, -0.05) is 0 Å². The molecule has 1 saturated heterocycles. The minimum atomic E-state index is -3.42. The Balaban J connectivity index is 1.56.